The van der Waals surface area contributed by atoms with Crippen LogP contribution in [-0.4, -0.2) is 23.2 Å². The number of phenolic OH excluding ortho intramolecular Hbond substituents is 2. The highest BCUT2D eigenvalue weighted by atomic mass is 19.3. The first kappa shape index (κ1) is 10.7. The average Bonchev–Trinajstić information content (AvgIpc) is 2.13. The summed E-state index contributed by atoms with van der Waals surface area (Å²) in [5.74, 6) is -2.19. The van der Waals surface area contributed by atoms with Crippen LogP contribution >= 0.6 is 0 Å². The van der Waals surface area contributed by atoms with Crippen molar-refractivity contribution in [3.8, 4) is 11.5 Å². The van der Waals surface area contributed by atoms with Crippen LogP contribution in [0.15, 0.2) is 18.2 Å². The van der Waals surface area contributed by atoms with Crippen LogP contribution in [0.5, 0.6) is 11.5 Å². The number of benzene rings is 1. The lowest BCUT2D eigenvalue weighted by Crippen LogP contribution is -2.19. The Kier molecular flexibility index (Phi) is 3.24. The second-order valence-corrected chi connectivity index (χ2v) is 2.89. The van der Waals surface area contributed by atoms with Gasteiger partial charge in [-0.2, -0.15) is 0 Å². The van der Waals surface area contributed by atoms with Gasteiger partial charge in [0.15, 0.2) is 11.5 Å². The number of aromatic hydroxyl groups is 2. The lowest BCUT2D eigenvalue weighted by atomic mass is 9.98. The summed E-state index contributed by atoms with van der Waals surface area (Å²) < 4.78 is 24.8. The maximum absolute atomic E-state index is 12.4. The Balaban J connectivity index is 3.10. The second-order valence-electron chi connectivity index (χ2n) is 2.89. The zero-order valence-electron chi connectivity index (χ0n) is 7.32. The average molecular weight is 203 g/mol. The van der Waals surface area contributed by atoms with Crippen LogP contribution in [0.3, 0.4) is 0 Å². The molecule has 0 heterocycles. The molecule has 0 spiro atoms. The molecule has 0 aliphatic carbocycles. The van der Waals surface area contributed by atoms with Gasteiger partial charge in [0.2, 0.25) is 6.43 Å². The van der Waals surface area contributed by atoms with Gasteiger partial charge >= 0.3 is 0 Å². The number of halogens is 2. The molecule has 0 radical (unpaired) electrons. The Morgan fingerprint density at radius 2 is 1.93 bits per heavy atom. The highest BCUT2D eigenvalue weighted by molar-refractivity contribution is 5.46. The molecule has 0 saturated heterocycles. The van der Waals surface area contributed by atoms with Crippen LogP contribution in [0, 0.1) is 0 Å². The molecular formula is C9H11F2NO2. The molecule has 1 aromatic rings. The van der Waals surface area contributed by atoms with Crippen LogP contribution in [0.2, 0.25) is 0 Å². The van der Waals surface area contributed by atoms with Gasteiger partial charge in [-0.05, 0) is 6.07 Å². The SMILES string of the molecule is NCC(c1cccc(O)c1O)C(F)F. The zero-order chi connectivity index (χ0) is 10.7. The van der Waals surface area contributed by atoms with Crippen molar-refractivity contribution in [1.82, 2.24) is 0 Å². The van der Waals surface area contributed by atoms with Crippen molar-refractivity contribution in [3.05, 3.63) is 23.8 Å². The summed E-state index contributed by atoms with van der Waals surface area (Å²) in [7, 11) is 0. The first-order valence-corrected chi connectivity index (χ1v) is 4.07. The fourth-order valence-electron chi connectivity index (χ4n) is 1.21. The molecule has 5 heteroatoms. The van der Waals surface area contributed by atoms with E-state index in [0.29, 0.717) is 0 Å². The number of alkyl halides is 2. The monoisotopic (exact) mass is 203 g/mol. The van der Waals surface area contributed by atoms with E-state index < -0.39 is 23.8 Å². The van der Waals surface area contributed by atoms with Crippen molar-refractivity contribution >= 4 is 0 Å². The smallest absolute Gasteiger partial charge is 0.246 e. The summed E-state index contributed by atoms with van der Waals surface area (Å²) in [4.78, 5) is 0. The Hall–Kier alpha value is -1.36. The van der Waals surface area contributed by atoms with Crippen molar-refractivity contribution in [2.75, 3.05) is 6.54 Å². The normalized spacial score (nSPS) is 13.1. The zero-order valence-corrected chi connectivity index (χ0v) is 7.32. The minimum Gasteiger partial charge on any atom is -0.504 e. The van der Waals surface area contributed by atoms with E-state index in [4.69, 9.17) is 10.8 Å². The number of phenols is 2. The fourth-order valence-corrected chi connectivity index (χ4v) is 1.21. The van der Waals surface area contributed by atoms with Gasteiger partial charge in [-0.3, -0.25) is 0 Å². The number of hydrogen-bond acceptors (Lipinski definition) is 3. The van der Waals surface area contributed by atoms with Gasteiger partial charge in [0.05, 0.1) is 5.92 Å². The molecule has 4 N–H and O–H groups in total. The van der Waals surface area contributed by atoms with E-state index >= 15 is 0 Å². The van der Waals surface area contributed by atoms with E-state index in [1.165, 1.54) is 18.2 Å². The summed E-state index contributed by atoms with van der Waals surface area (Å²) in [6.07, 6.45) is -2.66. The maximum Gasteiger partial charge on any atom is 0.246 e. The van der Waals surface area contributed by atoms with Gasteiger partial charge in [-0.15, -0.1) is 0 Å². The molecule has 14 heavy (non-hydrogen) atoms. The lowest BCUT2D eigenvalue weighted by Gasteiger charge is -2.15. The number of hydrogen-bond donors (Lipinski definition) is 3. The van der Waals surface area contributed by atoms with Crippen molar-refractivity contribution in [3.63, 3.8) is 0 Å². The topological polar surface area (TPSA) is 66.5 Å². The Morgan fingerprint density at radius 3 is 2.43 bits per heavy atom. The third kappa shape index (κ3) is 1.93. The molecule has 0 saturated carbocycles. The molecule has 78 valence electrons. The van der Waals surface area contributed by atoms with Crippen LogP contribution in [0.25, 0.3) is 0 Å². The third-order valence-corrected chi connectivity index (χ3v) is 2.00. The fraction of sp³-hybridized carbons (Fsp3) is 0.333. The molecule has 1 atom stereocenters. The molecule has 0 aliphatic rings. The van der Waals surface area contributed by atoms with E-state index in [9.17, 15) is 13.9 Å². The van der Waals surface area contributed by atoms with Crippen LogP contribution < -0.4 is 5.73 Å². The lowest BCUT2D eigenvalue weighted by molar-refractivity contribution is 0.115. The minimum atomic E-state index is -2.66. The van der Waals surface area contributed by atoms with Crippen molar-refractivity contribution in [1.29, 1.82) is 0 Å². The number of nitrogens with two attached hydrogens (primary N) is 1. The molecule has 3 nitrogen and oxygen atoms in total. The van der Waals surface area contributed by atoms with Crippen molar-refractivity contribution in [2.24, 2.45) is 5.73 Å². The Morgan fingerprint density at radius 1 is 1.29 bits per heavy atom. The summed E-state index contributed by atoms with van der Waals surface area (Å²) in [5.41, 5.74) is 5.13. The second kappa shape index (κ2) is 4.23. The maximum atomic E-state index is 12.4. The molecule has 0 fully saturated rings. The Labute approximate surface area is 79.8 Å². The number of rotatable bonds is 3. The van der Waals surface area contributed by atoms with Gasteiger partial charge < -0.3 is 15.9 Å². The molecule has 0 amide bonds. The first-order chi connectivity index (χ1) is 6.57. The van der Waals surface area contributed by atoms with Crippen LogP contribution in [-0.2, 0) is 0 Å². The molecule has 1 aromatic carbocycles. The third-order valence-electron chi connectivity index (χ3n) is 2.00. The van der Waals surface area contributed by atoms with E-state index in [0.717, 1.165) is 0 Å². The summed E-state index contributed by atoms with van der Waals surface area (Å²) in [6.45, 7) is -0.283. The van der Waals surface area contributed by atoms with Gasteiger partial charge in [0.25, 0.3) is 0 Å². The van der Waals surface area contributed by atoms with Crippen LogP contribution in [0.1, 0.15) is 11.5 Å². The quantitative estimate of drug-likeness (QED) is 0.650. The molecule has 0 aliphatic heterocycles. The first-order valence-electron chi connectivity index (χ1n) is 4.07. The molecule has 0 aromatic heterocycles. The van der Waals surface area contributed by atoms with E-state index in [-0.39, 0.29) is 12.1 Å². The minimum absolute atomic E-state index is 0.0255. The summed E-state index contributed by atoms with van der Waals surface area (Å²) >= 11 is 0. The standard InChI is InChI=1S/C9H11F2NO2/c10-9(11)6(4-12)5-2-1-3-7(13)8(5)14/h1-3,6,9,13-14H,4,12H2. The summed E-state index contributed by atoms with van der Waals surface area (Å²) in [5, 5.41) is 18.4. The summed E-state index contributed by atoms with van der Waals surface area (Å²) in [6, 6.07) is 3.92. The molecule has 1 rings (SSSR count). The molecule has 1 unspecified atom stereocenters. The van der Waals surface area contributed by atoms with Crippen molar-refractivity contribution < 1.29 is 19.0 Å². The predicted octanol–water partition coefficient (Wildman–Crippen LogP) is 1.41. The molecular weight excluding hydrogens is 192 g/mol. The van der Waals surface area contributed by atoms with Gasteiger partial charge in [0, 0.05) is 12.1 Å². The van der Waals surface area contributed by atoms with E-state index in [1.807, 2.05) is 0 Å². The largest absolute Gasteiger partial charge is 0.504 e. The van der Waals surface area contributed by atoms with Crippen LogP contribution in [0.4, 0.5) is 8.78 Å². The van der Waals surface area contributed by atoms with E-state index in [1.54, 1.807) is 0 Å². The highest BCUT2D eigenvalue weighted by Crippen LogP contribution is 2.35. The Bertz CT molecular complexity index is 318. The van der Waals surface area contributed by atoms with Gasteiger partial charge in [0.1, 0.15) is 0 Å². The molecule has 0 bridgehead atoms. The van der Waals surface area contributed by atoms with E-state index in [2.05, 4.69) is 0 Å². The van der Waals surface area contributed by atoms with Gasteiger partial charge in [-0.1, -0.05) is 12.1 Å². The number of para-hydroxylation sites is 1. The van der Waals surface area contributed by atoms with Crippen molar-refractivity contribution in [2.45, 2.75) is 12.3 Å². The van der Waals surface area contributed by atoms with Gasteiger partial charge in [-0.25, -0.2) is 8.78 Å². The highest BCUT2D eigenvalue weighted by Gasteiger charge is 2.24. The predicted molar refractivity (Wildman–Crippen MR) is 47.6 cm³/mol.